The molecule has 0 saturated heterocycles. The second kappa shape index (κ2) is 9.27. The maximum Gasteiger partial charge on any atom is 0.433 e. The van der Waals surface area contributed by atoms with Gasteiger partial charge < -0.3 is 5.11 Å². The number of carbonyl (C=O) groups is 1. The average Bonchev–Trinajstić information content (AvgIpc) is 2.83. The van der Waals surface area contributed by atoms with E-state index in [1.165, 1.54) is 18.2 Å². The van der Waals surface area contributed by atoms with Crippen LogP contribution in [0.4, 0.5) is 17.6 Å². The minimum absolute atomic E-state index is 0.0709. The predicted octanol–water partition coefficient (Wildman–Crippen LogP) is 6.84. The molecule has 0 atom stereocenters. The lowest BCUT2D eigenvalue weighted by atomic mass is 10.0. The van der Waals surface area contributed by atoms with E-state index in [1.54, 1.807) is 36.4 Å². The third-order valence-corrected chi connectivity index (χ3v) is 4.93. The van der Waals surface area contributed by atoms with Gasteiger partial charge in [-0.15, -0.1) is 0 Å². The number of alkyl halides is 3. The normalized spacial score (nSPS) is 11.6. The number of carboxylic acids is 1. The van der Waals surface area contributed by atoms with Gasteiger partial charge in [-0.05, 0) is 47.0 Å². The van der Waals surface area contributed by atoms with Gasteiger partial charge in [0.05, 0.1) is 11.3 Å². The van der Waals surface area contributed by atoms with Crippen molar-refractivity contribution in [1.29, 1.82) is 0 Å². The summed E-state index contributed by atoms with van der Waals surface area (Å²) in [5, 5.41) is 9.17. The summed E-state index contributed by atoms with van der Waals surface area (Å²) in [6, 6.07) is 19.8. The predicted molar refractivity (Wildman–Crippen MR) is 120 cm³/mol. The van der Waals surface area contributed by atoms with Crippen molar-refractivity contribution in [3.8, 4) is 22.5 Å². The third-order valence-electron chi connectivity index (χ3n) is 4.93. The van der Waals surface area contributed by atoms with Crippen LogP contribution in [-0.2, 0) is 6.18 Å². The molecule has 0 amide bonds. The zero-order valence-electron chi connectivity index (χ0n) is 17.4. The van der Waals surface area contributed by atoms with E-state index in [0.717, 1.165) is 23.8 Å². The zero-order chi connectivity index (χ0) is 24.3. The highest BCUT2D eigenvalue weighted by Crippen LogP contribution is 2.31. The Morgan fingerprint density at radius 2 is 1.50 bits per heavy atom. The number of halogens is 4. The summed E-state index contributed by atoms with van der Waals surface area (Å²) in [5.41, 5.74) is 0.417. The summed E-state index contributed by atoms with van der Waals surface area (Å²) >= 11 is 0. The highest BCUT2D eigenvalue weighted by molar-refractivity contribution is 5.90. The molecule has 3 aromatic carbocycles. The fraction of sp³-hybridized carbons (Fsp3) is 0.0385. The fourth-order valence-corrected chi connectivity index (χ4v) is 3.28. The van der Waals surface area contributed by atoms with Gasteiger partial charge in [-0.2, -0.15) is 13.2 Å². The second-order valence-corrected chi connectivity index (χ2v) is 7.32. The maximum absolute atomic E-state index is 13.8. The molecule has 1 heterocycles. The van der Waals surface area contributed by atoms with E-state index >= 15 is 0 Å². The van der Waals surface area contributed by atoms with Crippen molar-refractivity contribution in [3.63, 3.8) is 0 Å². The Labute approximate surface area is 191 Å². The molecule has 0 bridgehead atoms. The van der Waals surface area contributed by atoms with Crippen molar-refractivity contribution < 1.29 is 27.5 Å². The first kappa shape index (κ1) is 22.8. The Kier molecular flexibility index (Phi) is 6.23. The molecule has 34 heavy (non-hydrogen) atoms. The molecule has 4 rings (SSSR count). The largest absolute Gasteiger partial charge is 0.478 e. The molecule has 0 unspecified atom stereocenters. The summed E-state index contributed by atoms with van der Waals surface area (Å²) in [6.07, 6.45) is -1.56. The quantitative estimate of drug-likeness (QED) is 0.329. The summed E-state index contributed by atoms with van der Waals surface area (Å²) in [7, 11) is 0. The van der Waals surface area contributed by atoms with Gasteiger partial charge >= 0.3 is 12.1 Å². The number of rotatable bonds is 5. The highest BCUT2D eigenvalue weighted by Gasteiger charge is 2.33. The van der Waals surface area contributed by atoms with Crippen molar-refractivity contribution in [2.75, 3.05) is 0 Å². The average molecular weight is 464 g/mol. The molecule has 0 fully saturated rings. The van der Waals surface area contributed by atoms with Crippen molar-refractivity contribution in [2.45, 2.75) is 6.18 Å². The van der Waals surface area contributed by atoms with Crippen LogP contribution in [-0.4, -0.2) is 21.0 Å². The first-order chi connectivity index (χ1) is 16.2. The van der Waals surface area contributed by atoms with E-state index in [4.69, 9.17) is 5.11 Å². The summed E-state index contributed by atoms with van der Waals surface area (Å²) in [4.78, 5) is 19.2. The monoisotopic (exact) mass is 464 g/mol. The number of nitrogens with zero attached hydrogens (tertiary/aromatic N) is 2. The van der Waals surface area contributed by atoms with E-state index in [0.29, 0.717) is 16.7 Å². The van der Waals surface area contributed by atoms with Crippen molar-refractivity contribution in [2.24, 2.45) is 0 Å². The molecule has 4 aromatic rings. The number of hydrogen-bond acceptors (Lipinski definition) is 3. The first-order valence-corrected chi connectivity index (χ1v) is 10.0. The molecule has 0 aliphatic carbocycles. The van der Waals surface area contributed by atoms with Crippen LogP contribution in [0.25, 0.3) is 34.7 Å². The van der Waals surface area contributed by atoms with Crippen LogP contribution >= 0.6 is 0 Å². The molecule has 8 heteroatoms. The molecular formula is C26H16F4N2O2. The SMILES string of the molecule is O=C(O)c1cc(-c2cccc(-c3nc(C=Cc4ccccc4)cc(C(F)(F)F)n3)c2)ccc1F. The van der Waals surface area contributed by atoms with Gasteiger partial charge in [0.15, 0.2) is 5.82 Å². The molecular weight excluding hydrogens is 448 g/mol. The Hall–Kier alpha value is -4.33. The molecule has 0 saturated carbocycles. The molecule has 0 aliphatic heterocycles. The van der Waals surface area contributed by atoms with Crippen molar-refractivity contribution in [1.82, 2.24) is 9.97 Å². The van der Waals surface area contributed by atoms with Gasteiger partial charge in [0.25, 0.3) is 0 Å². The summed E-state index contributed by atoms with van der Waals surface area (Å²) in [5.74, 6) is -2.46. The van der Waals surface area contributed by atoms with Gasteiger partial charge in [0.1, 0.15) is 11.5 Å². The summed E-state index contributed by atoms with van der Waals surface area (Å²) in [6.45, 7) is 0. The van der Waals surface area contributed by atoms with Crippen molar-refractivity contribution in [3.05, 3.63) is 107 Å². The number of carboxylic acid groups (broad SMARTS) is 1. The van der Waals surface area contributed by atoms with E-state index in [2.05, 4.69) is 9.97 Å². The van der Waals surface area contributed by atoms with Gasteiger partial charge in [0.2, 0.25) is 0 Å². The van der Waals surface area contributed by atoms with E-state index in [9.17, 15) is 22.4 Å². The Balaban J connectivity index is 1.78. The maximum atomic E-state index is 13.8. The molecule has 0 radical (unpaired) electrons. The van der Waals surface area contributed by atoms with Gasteiger partial charge in [-0.25, -0.2) is 19.2 Å². The Morgan fingerprint density at radius 1 is 0.794 bits per heavy atom. The minimum Gasteiger partial charge on any atom is -0.478 e. The molecule has 0 aliphatic rings. The topological polar surface area (TPSA) is 63.1 Å². The molecule has 0 spiro atoms. The molecule has 4 nitrogen and oxygen atoms in total. The van der Waals surface area contributed by atoms with Crippen LogP contribution in [0.3, 0.4) is 0 Å². The van der Waals surface area contributed by atoms with Crippen LogP contribution in [0.1, 0.15) is 27.3 Å². The van der Waals surface area contributed by atoms with Crippen LogP contribution in [0.2, 0.25) is 0 Å². The minimum atomic E-state index is -4.68. The van der Waals surface area contributed by atoms with Crippen LogP contribution in [0.15, 0.2) is 78.9 Å². The Bertz CT molecular complexity index is 1380. The lowest BCUT2D eigenvalue weighted by Gasteiger charge is -2.11. The first-order valence-electron chi connectivity index (χ1n) is 10.0. The number of hydrogen-bond donors (Lipinski definition) is 1. The molecule has 170 valence electrons. The fourth-order valence-electron chi connectivity index (χ4n) is 3.28. The Morgan fingerprint density at radius 3 is 2.21 bits per heavy atom. The van der Waals surface area contributed by atoms with Gasteiger partial charge in [-0.1, -0.05) is 60.7 Å². The van der Waals surface area contributed by atoms with E-state index in [1.807, 2.05) is 18.2 Å². The van der Waals surface area contributed by atoms with Crippen LogP contribution in [0, 0.1) is 5.82 Å². The van der Waals surface area contributed by atoms with E-state index < -0.39 is 29.2 Å². The van der Waals surface area contributed by atoms with Crippen LogP contribution in [0.5, 0.6) is 0 Å². The smallest absolute Gasteiger partial charge is 0.433 e. The van der Waals surface area contributed by atoms with Crippen LogP contribution < -0.4 is 0 Å². The highest BCUT2D eigenvalue weighted by atomic mass is 19.4. The lowest BCUT2D eigenvalue weighted by molar-refractivity contribution is -0.141. The lowest BCUT2D eigenvalue weighted by Crippen LogP contribution is -2.10. The van der Waals surface area contributed by atoms with E-state index in [-0.39, 0.29) is 11.5 Å². The van der Waals surface area contributed by atoms with Gasteiger partial charge in [0, 0.05) is 5.56 Å². The van der Waals surface area contributed by atoms with Gasteiger partial charge in [-0.3, -0.25) is 0 Å². The third kappa shape index (κ3) is 5.17. The number of aromatic nitrogens is 2. The second-order valence-electron chi connectivity index (χ2n) is 7.32. The summed E-state index contributed by atoms with van der Waals surface area (Å²) < 4.78 is 54.3. The number of aromatic carboxylic acids is 1. The number of benzene rings is 3. The molecule has 1 N–H and O–H groups in total. The zero-order valence-corrected chi connectivity index (χ0v) is 17.4. The molecule has 1 aromatic heterocycles. The van der Waals surface area contributed by atoms with Crippen molar-refractivity contribution >= 4 is 18.1 Å². The standard InChI is InChI=1S/C26H16F4N2O2/c27-22-12-10-18(14-21(22)25(33)34)17-7-4-8-19(13-17)24-31-20(15-23(32-24)26(28,29)30)11-9-16-5-2-1-3-6-16/h1-15H,(H,33,34).